The smallest absolute Gasteiger partial charge is 0.121 e. The molecule has 4 heteroatoms. The molecule has 23 heavy (non-hydrogen) atoms. The Hall–Kier alpha value is -2.33. The average Bonchev–Trinajstić information content (AvgIpc) is 2.99. The van der Waals surface area contributed by atoms with Crippen LogP contribution in [-0.2, 0) is 6.42 Å². The van der Waals surface area contributed by atoms with Gasteiger partial charge in [-0.3, -0.25) is 0 Å². The molecule has 118 valence electrons. The first kappa shape index (κ1) is 15.6. The van der Waals surface area contributed by atoms with Gasteiger partial charge < -0.3 is 10.5 Å². The highest BCUT2D eigenvalue weighted by atomic mass is 32.1. The fourth-order valence-electron chi connectivity index (χ4n) is 2.32. The highest BCUT2D eigenvalue weighted by Crippen LogP contribution is 2.24. The van der Waals surface area contributed by atoms with Crippen LogP contribution in [0.5, 0.6) is 5.75 Å². The van der Waals surface area contributed by atoms with E-state index in [1.807, 2.05) is 24.3 Å². The van der Waals surface area contributed by atoms with Crippen molar-refractivity contribution in [3.63, 3.8) is 0 Å². The molecule has 2 aromatic carbocycles. The maximum absolute atomic E-state index is 5.74. The van der Waals surface area contributed by atoms with E-state index >= 15 is 0 Å². The third-order valence-electron chi connectivity index (χ3n) is 3.80. The standard InChI is InChI=1S/C19H20N2OS/c1-13-6-7-15(10-14(13)2)18-12-23-19(21-18)8-9-22-17-5-3-4-16(20)11-17/h3-7,10-12H,8-9,20H2,1-2H3. The first-order valence-electron chi connectivity index (χ1n) is 7.62. The number of rotatable bonds is 5. The lowest BCUT2D eigenvalue weighted by atomic mass is 10.1. The Morgan fingerprint density at radius 3 is 2.74 bits per heavy atom. The Kier molecular flexibility index (Phi) is 4.63. The van der Waals surface area contributed by atoms with Gasteiger partial charge in [-0.2, -0.15) is 0 Å². The summed E-state index contributed by atoms with van der Waals surface area (Å²) in [5.41, 5.74) is 11.3. The highest BCUT2D eigenvalue weighted by Gasteiger charge is 2.06. The molecule has 0 aliphatic heterocycles. The van der Waals surface area contributed by atoms with Crippen molar-refractivity contribution in [2.45, 2.75) is 20.3 Å². The molecule has 0 spiro atoms. The molecule has 0 saturated heterocycles. The summed E-state index contributed by atoms with van der Waals surface area (Å²) in [6, 6.07) is 14.0. The number of nitrogens with two attached hydrogens (primary N) is 1. The van der Waals surface area contributed by atoms with Crippen molar-refractivity contribution in [2.24, 2.45) is 0 Å². The molecule has 0 amide bonds. The summed E-state index contributed by atoms with van der Waals surface area (Å²) in [4.78, 5) is 4.71. The van der Waals surface area contributed by atoms with E-state index in [-0.39, 0.29) is 0 Å². The SMILES string of the molecule is Cc1ccc(-c2csc(CCOc3cccc(N)c3)n2)cc1C. The summed E-state index contributed by atoms with van der Waals surface area (Å²) in [6.07, 6.45) is 0.796. The van der Waals surface area contributed by atoms with Crippen molar-refractivity contribution in [3.05, 3.63) is 64.0 Å². The maximum Gasteiger partial charge on any atom is 0.121 e. The summed E-state index contributed by atoms with van der Waals surface area (Å²) in [6.45, 7) is 4.86. The Bertz CT molecular complexity index is 811. The van der Waals surface area contributed by atoms with E-state index in [1.165, 1.54) is 16.7 Å². The zero-order valence-corrected chi connectivity index (χ0v) is 14.2. The van der Waals surface area contributed by atoms with E-state index in [2.05, 4.69) is 37.4 Å². The van der Waals surface area contributed by atoms with E-state index in [0.717, 1.165) is 22.9 Å². The van der Waals surface area contributed by atoms with Gasteiger partial charge in [-0.25, -0.2) is 4.98 Å². The predicted molar refractivity (Wildman–Crippen MR) is 97.1 cm³/mol. The van der Waals surface area contributed by atoms with Crippen LogP contribution in [0.15, 0.2) is 47.8 Å². The number of aromatic nitrogens is 1. The van der Waals surface area contributed by atoms with Gasteiger partial charge in [-0.15, -0.1) is 11.3 Å². The fraction of sp³-hybridized carbons (Fsp3) is 0.211. The largest absolute Gasteiger partial charge is 0.493 e. The van der Waals surface area contributed by atoms with E-state index < -0.39 is 0 Å². The molecule has 3 rings (SSSR count). The minimum absolute atomic E-state index is 0.601. The fourth-order valence-corrected chi connectivity index (χ4v) is 3.11. The van der Waals surface area contributed by atoms with Gasteiger partial charge >= 0.3 is 0 Å². The van der Waals surface area contributed by atoms with Crippen LogP contribution in [0, 0.1) is 13.8 Å². The lowest BCUT2D eigenvalue weighted by molar-refractivity contribution is 0.322. The molecule has 0 aliphatic carbocycles. The Balaban J connectivity index is 1.62. The lowest BCUT2D eigenvalue weighted by Gasteiger charge is -2.05. The van der Waals surface area contributed by atoms with Crippen molar-refractivity contribution in [1.82, 2.24) is 4.98 Å². The minimum atomic E-state index is 0.601. The number of ether oxygens (including phenoxy) is 1. The molecule has 0 atom stereocenters. The van der Waals surface area contributed by atoms with Crippen LogP contribution in [0.25, 0.3) is 11.3 Å². The van der Waals surface area contributed by atoms with Gasteiger partial charge in [0.15, 0.2) is 0 Å². The van der Waals surface area contributed by atoms with Gasteiger partial charge in [0.05, 0.1) is 17.3 Å². The molecule has 0 saturated carbocycles. The third kappa shape index (κ3) is 3.90. The number of thiazole rings is 1. The molecule has 1 heterocycles. The van der Waals surface area contributed by atoms with Crippen LogP contribution in [0.2, 0.25) is 0 Å². The molecule has 2 N–H and O–H groups in total. The number of anilines is 1. The monoisotopic (exact) mass is 324 g/mol. The third-order valence-corrected chi connectivity index (χ3v) is 4.71. The van der Waals surface area contributed by atoms with E-state index in [4.69, 9.17) is 15.5 Å². The Morgan fingerprint density at radius 2 is 1.96 bits per heavy atom. The normalized spacial score (nSPS) is 10.7. The van der Waals surface area contributed by atoms with Crippen LogP contribution in [-0.4, -0.2) is 11.6 Å². The molecule has 0 aliphatic rings. The van der Waals surface area contributed by atoms with Crippen molar-refractivity contribution in [3.8, 4) is 17.0 Å². The lowest BCUT2D eigenvalue weighted by Crippen LogP contribution is -2.01. The Labute approximate surface area is 140 Å². The molecular formula is C19H20N2OS. The molecule has 1 aromatic heterocycles. The summed E-state index contributed by atoms with van der Waals surface area (Å²) in [5.74, 6) is 0.802. The predicted octanol–water partition coefficient (Wildman–Crippen LogP) is 4.63. The average molecular weight is 324 g/mol. The quantitative estimate of drug-likeness (QED) is 0.696. The molecule has 3 nitrogen and oxygen atoms in total. The number of hydrogen-bond acceptors (Lipinski definition) is 4. The second-order valence-corrected chi connectivity index (χ2v) is 6.54. The zero-order valence-electron chi connectivity index (χ0n) is 13.4. The number of aryl methyl sites for hydroxylation is 2. The molecular weight excluding hydrogens is 304 g/mol. The molecule has 3 aromatic rings. The van der Waals surface area contributed by atoms with E-state index in [0.29, 0.717) is 12.3 Å². The highest BCUT2D eigenvalue weighted by molar-refractivity contribution is 7.09. The van der Waals surface area contributed by atoms with Crippen LogP contribution in [0.4, 0.5) is 5.69 Å². The number of hydrogen-bond donors (Lipinski definition) is 1. The van der Waals surface area contributed by atoms with Gasteiger partial charge in [0, 0.05) is 29.1 Å². The number of benzene rings is 2. The van der Waals surface area contributed by atoms with Crippen LogP contribution in [0.3, 0.4) is 0 Å². The zero-order chi connectivity index (χ0) is 16.2. The van der Waals surface area contributed by atoms with Crippen LogP contribution in [0.1, 0.15) is 16.1 Å². The first-order chi connectivity index (χ1) is 11.1. The number of nitrogen functional groups attached to an aromatic ring is 1. The van der Waals surface area contributed by atoms with Crippen molar-refractivity contribution in [2.75, 3.05) is 12.3 Å². The minimum Gasteiger partial charge on any atom is -0.493 e. The maximum atomic E-state index is 5.74. The van der Waals surface area contributed by atoms with Gasteiger partial charge in [0.1, 0.15) is 5.75 Å². The topological polar surface area (TPSA) is 48.1 Å². The summed E-state index contributed by atoms with van der Waals surface area (Å²) >= 11 is 1.68. The van der Waals surface area contributed by atoms with Gasteiger partial charge in [-0.05, 0) is 43.2 Å². The molecule has 0 unspecified atom stereocenters. The second kappa shape index (κ2) is 6.84. The summed E-state index contributed by atoms with van der Waals surface area (Å²) < 4.78 is 5.73. The Morgan fingerprint density at radius 1 is 1.09 bits per heavy atom. The van der Waals surface area contributed by atoms with Crippen molar-refractivity contribution >= 4 is 17.0 Å². The van der Waals surface area contributed by atoms with Crippen LogP contribution >= 0.6 is 11.3 Å². The molecule has 0 radical (unpaired) electrons. The van der Waals surface area contributed by atoms with Gasteiger partial charge in [0.2, 0.25) is 0 Å². The number of nitrogens with zero attached hydrogens (tertiary/aromatic N) is 1. The first-order valence-corrected chi connectivity index (χ1v) is 8.50. The van der Waals surface area contributed by atoms with Crippen molar-refractivity contribution < 1.29 is 4.74 Å². The molecule has 0 fully saturated rings. The van der Waals surface area contributed by atoms with E-state index in [1.54, 1.807) is 11.3 Å². The second-order valence-electron chi connectivity index (χ2n) is 5.60. The van der Waals surface area contributed by atoms with Crippen LogP contribution < -0.4 is 10.5 Å². The van der Waals surface area contributed by atoms with Gasteiger partial charge in [0.25, 0.3) is 0 Å². The van der Waals surface area contributed by atoms with Crippen molar-refractivity contribution in [1.29, 1.82) is 0 Å². The summed E-state index contributed by atoms with van der Waals surface area (Å²) in [7, 11) is 0. The van der Waals surface area contributed by atoms with Gasteiger partial charge in [-0.1, -0.05) is 18.2 Å². The van der Waals surface area contributed by atoms with E-state index in [9.17, 15) is 0 Å². The molecule has 0 bridgehead atoms. The summed E-state index contributed by atoms with van der Waals surface area (Å²) in [5, 5.41) is 3.20.